The lowest BCUT2D eigenvalue weighted by Crippen LogP contribution is -2.22. The number of hydrogen-bond donors (Lipinski definition) is 0. The van der Waals surface area contributed by atoms with Crippen LogP contribution in [0.2, 0.25) is 5.15 Å². The molecule has 4 nitrogen and oxygen atoms in total. The molecular formula is C14H7ClF3N3O. The van der Waals surface area contributed by atoms with E-state index < -0.39 is 17.4 Å². The first-order chi connectivity index (χ1) is 10.4. The van der Waals surface area contributed by atoms with Crippen LogP contribution in [-0.2, 0) is 6.18 Å². The summed E-state index contributed by atoms with van der Waals surface area (Å²) in [6, 6.07) is 6.07. The number of pyridine rings is 1. The van der Waals surface area contributed by atoms with Crippen molar-refractivity contribution in [2.45, 2.75) is 6.18 Å². The lowest BCUT2D eigenvalue weighted by Gasteiger charge is -2.13. The van der Waals surface area contributed by atoms with Gasteiger partial charge in [0.05, 0.1) is 23.0 Å². The summed E-state index contributed by atoms with van der Waals surface area (Å²) in [6.07, 6.45) is -1.68. The van der Waals surface area contributed by atoms with E-state index in [1.807, 2.05) is 0 Å². The summed E-state index contributed by atoms with van der Waals surface area (Å²) in [5.74, 6) is 0. The molecule has 0 amide bonds. The lowest BCUT2D eigenvalue weighted by molar-refractivity contribution is -0.137. The van der Waals surface area contributed by atoms with Crippen LogP contribution in [0.1, 0.15) is 5.56 Å². The summed E-state index contributed by atoms with van der Waals surface area (Å²) in [5.41, 5.74) is -1.32. The van der Waals surface area contributed by atoms with Crippen LogP contribution in [0.3, 0.4) is 0 Å². The predicted octanol–water partition coefficient (Wildman–Crippen LogP) is 3.45. The van der Waals surface area contributed by atoms with E-state index in [1.54, 1.807) is 12.1 Å². The highest BCUT2D eigenvalue weighted by Crippen LogP contribution is 2.32. The molecule has 0 aliphatic rings. The highest BCUT2D eigenvalue weighted by atomic mass is 35.5. The van der Waals surface area contributed by atoms with Crippen molar-refractivity contribution in [2.24, 2.45) is 0 Å². The van der Waals surface area contributed by atoms with Crippen LogP contribution in [0.15, 0.2) is 47.5 Å². The number of alkyl halides is 3. The molecular weight excluding hydrogens is 319 g/mol. The molecule has 0 bridgehead atoms. The van der Waals surface area contributed by atoms with E-state index in [4.69, 9.17) is 11.6 Å². The van der Waals surface area contributed by atoms with Gasteiger partial charge in [-0.25, -0.2) is 4.79 Å². The topological polar surface area (TPSA) is 47.8 Å². The Morgan fingerprint density at radius 3 is 2.59 bits per heavy atom. The second-order valence-corrected chi connectivity index (χ2v) is 4.82. The third-order valence-electron chi connectivity index (χ3n) is 3.08. The molecule has 2 aromatic heterocycles. The van der Waals surface area contributed by atoms with Crippen molar-refractivity contribution in [1.82, 2.24) is 14.5 Å². The summed E-state index contributed by atoms with van der Waals surface area (Å²) >= 11 is 5.87. The molecule has 0 aliphatic heterocycles. The Balaban J connectivity index is 2.42. The molecule has 0 N–H and O–H groups in total. The number of fused-ring (bicyclic) bond motifs is 1. The first-order valence-corrected chi connectivity index (χ1v) is 6.45. The standard InChI is InChI=1S/C14H7ClF3N3O/c15-12-10-4-3-8(14(16,17)18)6-11(10)21(13(22)20-12)9-2-1-5-19-7-9/h1-7H. The molecule has 0 aliphatic carbocycles. The van der Waals surface area contributed by atoms with Gasteiger partial charge in [-0.15, -0.1) is 0 Å². The predicted molar refractivity (Wildman–Crippen MR) is 75.1 cm³/mol. The number of benzene rings is 1. The van der Waals surface area contributed by atoms with Crippen LogP contribution >= 0.6 is 11.6 Å². The van der Waals surface area contributed by atoms with Gasteiger partial charge in [0, 0.05) is 11.6 Å². The Bertz CT molecular complexity index is 907. The molecule has 1 aromatic carbocycles. The third kappa shape index (κ3) is 2.43. The molecule has 3 rings (SSSR count). The van der Waals surface area contributed by atoms with Crippen molar-refractivity contribution >= 4 is 22.5 Å². The molecule has 2 heterocycles. The Labute approximate surface area is 126 Å². The van der Waals surface area contributed by atoms with E-state index in [-0.39, 0.29) is 16.1 Å². The molecule has 112 valence electrons. The van der Waals surface area contributed by atoms with Gasteiger partial charge in [0.2, 0.25) is 0 Å². The zero-order valence-electron chi connectivity index (χ0n) is 10.8. The van der Waals surface area contributed by atoms with Crippen LogP contribution in [-0.4, -0.2) is 14.5 Å². The maximum Gasteiger partial charge on any atom is 0.416 e. The van der Waals surface area contributed by atoms with Gasteiger partial charge in [-0.1, -0.05) is 11.6 Å². The molecule has 0 atom stereocenters. The SMILES string of the molecule is O=c1nc(Cl)c2ccc(C(F)(F)F)cc2n1-c1cccnc1. The Hall–Kier alpha value is -2.41. The Kier molecular flexibility index (Phi) is 3.37. The number of halogens is 4. The molecule has 0 fully saturated rings. The zero-order valence-corrected chi connectivity index (χ0v) is 11.6. The van der Waals surface area contributed by atoms with Crippen molar-refractivity contribution in [3.05, 3.63) is 63.9 Å². The van der Waals surface area contributed by atoms with E-state index >= 15 is 0 Å². The van der Waals surface area contributed by atoms with Crippen molar-refractivity contribution in [3.63, 3.8) is 0 Å². The maximum atomic E-state index is 12.9. The van der Waals surface area contributed by atoms with Crippen molar-refractivity contribution in [2.75, 3.05) is 0 Å². The van der Waals surface area contributed by atoms with Crippen molar-refractivity contribution in [3.8, 4) is 5.69 Å². The second-order valence-electron chi connectivity index (χ2n) is 4.46. The van der Waals surface area contributed by atoms with Gasteiger partial charge < -0.3 is 0 Å². The fourth-order valence-electron chi connectivity index (χ4n) is 2.10. The maximum absolute atomic E-state index is 12.9. The average molecular weight is 326 g/mol. The van der Waals surface area contributed by atoms with E-state index in [0.29, 0.717) is 5.69 Å². The highest BCUT2D eigenvalue weighted by Gasteiger charge is 2.31. The van der Waals surface area contributed by atoms with Crippen molar-refractivity contribution in [1.29, 1.82) is 0 Å². The first kappa shape index (κ1) is 14.5. The van der Waals surface area contributed by atoms with Gasteiger partial charge in [-0.2, -0.15) is 18.2 Å². The fourth-order valence-corrected chi connectivity index (χ4v) is 2.33. The summed E-state index contributed by atoms with van der Waals surface area (Å²) < 4.78 is 39.8. The van der Waals surface area contributed by atoms with Crippen LogP contribution in [0.4, 0.5) is 13.2 Å². The van der Waals surface area contributed by atoms with Crippen LogP contribution in [0.5, 0.6) is 0 Å². The lowest BCUT2D eigenvalue weighted by atomic mass is 10.1. The molecule has 0 radical (unpaired) electrons. The third-order valence-corrected chi connectivity index (χ3v) is 3.37. The van der Waals surface area contributed by atoms with Gasteiger partial charge in [0.25, 0.3) is 0 Å². The minimum absolute atomic E-state index is 0.0211. The van der Waals surface area contributed by atoms with Gasteiger partial charge >= 0.3 is 11.9 Å². The van der Waals surface area contributed by atoms with E-state index in [9.17, 15) is 18.0 Å². The van der Waals surface area contributed by atoms with Crippen LogP contribution in [0, 0.1) is 0 Å². The quantitative estimate of drug-likeness (QED) is 0.644. The number of aromatic nitrogens is 3. The molecule has 0 saturated heterocycles. The zero-order chi connectivity index (χ0) is 15.9. The molecule has 22 heavy (non-hydrogen) atoms. The molecule has 8 heteroatoms. The fraction of sp³-hybridized carbons (Fsp3) is 0.0714. The van der Waals surface area contributed by atoms with E-state index in [0.717, 1.165) is 16.7 Å². The summed E-state index contributed by atoms with van der Waals surface area (Å²) in [4.78, 5) is 19.6. The molecule has 3 aromatic rings. The Morgan fingerprint density at radius 2 is 1.95 bits per heavy atom. The Morgan fingerprint density at radius 1 is 1.18 bits per heavy atom. The number of rotatable bonds is 1. The molecule has 0 unspecified atom stereocenters. The number of hydrogen-bond acceptors (Lipinski definition) is 3. The summed E-state index contributed by atoms with van der Waals surface area (Å²) in [7, 11) is 0. The minimum Gasteiger partial charge on any atom is -0.263 e. The largest absolute Gasteiger partial charge is 0.416 e. The smallest absolute Gasteiger partial charge is 0.263 e. The summed E-state index contributed by atoms with van der Waals surface area (Å²) in [6.45, 7) is 0. The normalized spacial score (nSPS) is 11.8. The number of nitrogens with zero attached hydrogens (tertiary/aromatic N) is 3. The van der Waals surface area contributed by atoms with Crippen molar-refractivity contribution < 1.29 is 13.2 Å². The first-order valence-electron chi connectivity index (χ1n) is 6.08. The van der Waals surface area contributed by atoms with Gasteiger partial charge in [-0.05, 0) is 30.3 Å². The van der Waals surface area contributed by atoms with Crippen LogP contribution < -0.4 is 5.69 Å². The van der Waals surface area contributed by atoms with Gasteiger partial charge in [0.1, 0.15) is 5.15 Å². The van der Waals surface area contributed by atoms with Gasteiger partial charge in [-0.3, -0.25) is 9.55 Å². The highest BCUT2D eigenvalue weighted by molar-refractivity contribution is 6.34. The van der Waals surface area contributed by atoms with E-state index in [1.165, 1.54) is 18.5 Å². The second kappa shape index (κ2) is 5.10. The minimum atomic E-state index is -4.53. The monoisotopic (exact) mass is 325 g/mol. The summed E-state index contributed by atoms with van der Waals surface area (Å²) in [5, 5.41) is 0.104. The average Bonchev–Trinajstić information content (AvgIpc) is 2.47. The van der Waals surface area contributed by atoms with E-state index in [2.05, 4.69) is 9.97 Å². The van der Waals surface area contributed by atoms with Crippen LogP contribution in [0.25, 0.3) is 16.6 Å². The molecule has 0 saturated carbocycles. The van der Waals surface area contributed by atoms with Gasteiger partial charge in [0.15, 0.2) is 0 Å². The molecule has 0 spiro atoms.